The van der Waals surface area contributed by atoms with Gasteiger partial charge in [-0.1, -0.05) is 0 Å². The van der Waals surface area contributed by atoms with Gasteiger partial charge in [0.15, 0.2) is 0 Å². The second kappa shape index (κ2) is 7.28. The Bertz CT molecular complexity index is 403. The fourth-order valence-electron chi connectivity index (χ4n) is 2.25. The van der Waals surface area contributed by atoms with E-state index in [9.17, 15) is 14.4 Å². The molecule has 7 nitrogen and oxygen atoms in total. The molecule has 3 N–H and O–H groups in total. The summed E-state index contributed by atoms with van der Waals surface area (Å²) >= 11 is 0. The summed E-state index contributed by atoms with van der Waals surface area (Å²) in [5, 5.41) is 14.1. The quantitative estimate of drug-likeness (QED) is 0.660. The number of alkyl carbamates (subject to hydrolysis) is 1. The summed E-state index contributed by atoms with van der Waals surface area (Å²) in [6.07, 6.45) is 1.01. The minimum absolute atomic E-state index is 0.148. The largest absolute Gasteiger partial charge is 0.481 e. The lowest BCUT2D eigenvalue weighted by molar-refractivity contribution is -0.141. The van der Waals surface area contributed by atoms with Crippen LogP contribution < -0.4 is 10.6 Å². The summed E-state index contributed by atoms with van der Waals surface area (Å²) in [7, 11) is 0. The Hall–Kier alpha value is -1.79. The van der Waals surface area contributed by atoms with Crippen LogP contribution in [-0.4, -0.2) is 41.8 Å². The Morgan fingerprint density at radius 1 is 1.10 bits per heavy atom. The number of aliphatic carboxylic acids is 1. The number of ether oxygens (including phenoxy) is 1. The molecule has 0 aromatic heterocycles. The van der Waals surface area contributed by atoms with Crippen LogP contribution in [0.15, 0.2) is 0 Å². The molecule has 1 aliphatic rings. The lowest BCUT2D eigenvalue weighted by Gasteiger charge is -2.19. The van der Waals surface area contributed by atoms with Gasteiger partial charge in [-0.3, -0.25) is 9.59 Å². The summed E-state index contributed by atoms with van der Waals surface area (Å²) in [5.74, 6) is -1.64. The van der Waals surface area contributed by atoms with Crippen molar-refractivity contribution in [2.75, 3.05) is 13.1 Å². The molecule has 0 saturated heterocycles. The van der Waals surface area contributed by atoms with Crippen LogP contribution in [0, 0.1) is 11.8 Å². The van der Waals surface area contributed by atoms with Crippen molar-refractivity contribution >= 4 is 18.0 Å². The first-order chi connectivity index (χ1) is 9.69. The molecular formula is C14H24N2O5. The Labute approximate surface area is 124 Å². The van der Waals surface area contributed by atoms with Gasteiger partial charge in [0.2, 0.25) is 5.91 Å². The van der Waals surface area contributed by atoms with E-state index in [-0.39, 0.29) is 18.4 Å². The lowest BCUT2D eigenvalue weighted by atomic mass is 10.0. The van der Waals surface area contributed by atoms with Crippen molar-refractivity contribution in [3.8, 4) is 0 Å². The van der Waals surface area contributed by atoms with E-state index in [0.717, 1.165) is 0 Å². The van der Waals surface area contributed by atoms with Gasteiger partial charge >= 0.3 is 12.1 Å². The first-order valence-corrected chi connectivity index (χ1v) is 7.16. The summed E-state index contributed by atoms with van der Waals surface area (Å²) in [6, 6.07) is 0. The molecule has 0 bridgehead atoms. The van der Waals surface area contributed by atoms with Crippen LogP contribution in [0.4, 0.5) is 4.79 Å². The predicted molar refractivity (Wildman–Crippen MR) is 75.7 cm³/mol. The number of hydrogen-bond donors (Lipinski definition) is 3. The van der Waals surface area contributed by atoms with Crippen LogP contribution >= 0.6 is 0 Å². The van der Waals surface area contributed by atoms with Crippen molar-refractivity contribution in [3.63, 3.8) is 0 Å². The van der Waals surface area contributed by atoms with Gasteiger partial charge in [0.25, 0.3) is 0 Å². The number of carboxylic acid groups (broad SMARTS) is 1. The van der Waals surface area contributed by atoms with E-state index in [4.69, 9.17) is 9.84 Å². The molecule has 0 spiro atoms. The molecule has 1 saturated carbocycles. The van der Waals surface area contributed by atoms with Crippen LogP contribution in [0.1, 0.15) is 40.0 Å². The monoisotopic (exact) mass is 300 g/mol. The van der Waals surface area contributed by atoms with Gasteiger partial charge in [0, 0.05) is 19.0 Å². The third-order valence-corrected chi connectivity index (χ3v) is 3.25. The predicted octanol–water partition coefficient (Wildman–Crippen LogP) is 1.13. The number of carbonyl (C=O) groups excluding carboxylic acids is 2. The highest BCUT2D eigenvalue weighted by molar-refractivity contribution is 5.80. The van der Waals surface area contributed by atoms with Gasteiger partial charge in [-0.25, -0.2) is 4.79 Å². The molecule has 0 unspecified atom stereocenters. The zero-order valence-corrected chi connectivity index (χ0v) is 12.8. The normalized spacial score (nSPS) is 21.7. The van der Waals surface area contributed by atoms with E-state index in [0.29, 0.717) is 25.8 Å². The fraction of sp³-hybridized carbons (Fsp3) is 0.786. The minimum Gasteiger partial charge on any atom is -0.481 e. The van der Waals surface area contributed by atoms with Gasteiger partial charge in [-0.15, -0.1) is 0 Å². The maximum Gasteiger partial charge on any atom is 0.407 e. The maximum atomic E-state index is 11.8. The highest BCUT2D eigenvalue weighted by Crippen LogP contribution is 2.30. The molecule has 21 heavy (non-hydrogen) atoms. The average Bonchev–Trinajstić information content (AvgIpc) is 2.81. The Morgan fingerprint density at radius 3 is 2.19 bits per heavy atom. The van der Waals surface area contributed by atoms with Crippen molar-refractivity contribution in [2.24, 2.45) is 11.8 Å². The molecule has 1 aliphatic carbocycles. The smallest absolute Gasteiger partial charge is 0.407 e. The van der Waals surface area contributed by atoms with Crippen molar-refractivity contribution in [1.82, 2.24) is 10.6 Å². The van der Waals surface area contributed by atoms with Gasteiger partial charge in [0.1, 0.15) is 5.60 Å². The zero-order valence-electron chi connectivity index (χ0n) is 12.8. The van der Waals surface area contributed by atoms with Crippen LogP contribution in [0.3, 0.4) is 0 Å². The first kappa shape index (κ1) is 17.3. The van der Waals surface area contributed by atoms with Crippen molar-refractivity contribution in [2.45, 2.75) is 45.6 Å². The Balaban J connectivity index is 2.17. The van der Waals surface area contributed by atoms with Gasteiger partial charge in [-0.2, -0.15) is 0 Å². The summed E-state index contributed by atoms with van der Waals surface area (Å²) in [5.41, 5.74) is -0.553. The second-order valence-electron chi connectivity index (χ2n) is 6.26. The number of amides is 2. The van der Waals surface area contributed by atoms with E-state index in [2.05, 4.69) is 10.6 Å². The molecule has 2 amide bonds. The molecule has 1 rings (SSSR count). The summed E-state index contributed by atoms with van der Waals surface area (Å²) < 4.78 is 5.06. The SMILES string of the molecule is CC(C)(C)OC(=O)NCCNC(=O)[C@@H]1CC[C@H](C(=O)O)C1. The first-order valence-electron chi connectivity index (χ1n) is 7.16. The minimum atomic E-state index is -0.836. The number of nitrogens with one attached hydrogen (secondary N) is 2. The van der Waals surface area contributed by atoms with Gasteiger partial charge in [-0.05, 0) is 40.0 Å². The zero-order chi connectivity index (χ0) is 16.0. The maximum absolute atomic E-state index is 11.8. The van der Waals surface area contributed by atoms with Gasteiger partial charge in [0.05, 0.1) is 5.92 Å². The van der Waals surface area contributed by atoms with Crippen molar-refractivity contribution in [1.29, 1.82) is 0 Å². The third kappa shape index (κ3) is 6.46. The average molecular weight is 300 g/mol. The Kier molecular flexibility index (Phi) is 5.99. The molecule has 1 fully saturated rings. The Morgan fingerprint density at radius 2 is 1.67 bits per heavy atom. The highest BCUT2D eigenvalue weighted by Gasteiger charge is 2.33. The number of hydrogen-bond acceptors (Lipinski definition) is 4. The molecular weight excluding hydrogens is 276 g/mol. The number of carbonyl (C=O) groups is 3. The molecule has 0 radical (unpaired) electrons. The van der Waals surface area contributed by atoms with E-state index in [1.54, 1.807) is 20.8 Å². The van der Waals surface area contributed by atoms with Crippen LogP contribution in [0.2, 0.25) is 0 Å². The van der Waals surface area contributed by atoms with E-state index in [1.807, 2.05) is 0 Å². The summed E-state index contributed by atoms with van der Waals surface area (Å²) in [4.78, 5) is 34.0. The van der Waals surface area contributed by atoms with E-state index < -0.39 is 23.6 Å². The van der Waals surface area contributed by atoms with Crippen LogP contribution in [0.25, 0.3) is 0 Å². The molecule has 7 heteroatoms. The second-order valence-corrected chi connectivity index (χ2v) is 6.26. The van der Waals surface area contributed by atoms with Crippen LogP contribution in [0.5, 0.6) is 0 Å². The molecule has 0 aromatic rings. The fourth-order valence-corrected chi connectivity index (χ4v) is 2.25. The molecule has 120 valence electrons. The molecule has 0 heterocycles. The lowest BCUT2D eigenvalue weighted by Crippen LogP contribution is -2.39. The topological polar surface area (TPSA) is 105 Å². The standard InChI is InChI=1S/C14H24N2O5/c1-14(2,3)21-13(20)16-7-6-15-11(17)9-4-5-10(8-9)12(18)19/h9-10H,4-8H2,1-3H3,(H,15,17)(H,16,20)(H,18,19)/t9-,10+/m1/s1. The highest BCUT2D eigenvalue weighted by atomic mass is 16.6. The number of carboxylic acids is 1. The molecule has 2 atom stereocenters. The van der Waals surface area contributed by atoms with Gasteiger partial charge < -0.3 is 20.5 Å². The van der Waals surface area contributed by atoms with Crippen molar-refractivity contribution < 1.29 is 24.2 Å². The molecule has 0 aromatic carbocycles. The van der Waals surface area contributed by atoms with Crippen LogP contribution in [-0.2, 0) is 14.3 Å². The molecule has 0 aliphatic heterocycles. The van der Waals surface area contributed by atoms with Crippen molar-refractivity contribution in [3.05, 3.63) is 0 Å². The third-order valence-electron chi connectivity index (χ3n) is 3.25. The number of rotatable bonds is 5. The van der Waals surface area contributed by atoms with E-state index >= 15 is 0 Å². The summed E-state index contributed by atoms with van der Waals surface area (Å²) in [6.45, 7) is 5.88. The van der Waals surface area contributed by atoms with E-state index in [1.165, 1.54) is 0 Å².